The monoisotopic (exact) mass is 240 g/mol. The van der Waals surface area contributed by atoms with Gasteiger partial charge in [-0.1, -0.05) is 6.92 Å². The zero-order valence-corrected chi connectivity index (χ0v) is 10.8. The lowest BCUT2D eigenvalue weighted by atomic mass is 9.90. The van der Waals surface area contributed by atoms with Crippen molar-refractivity contribution in [2.24, 2.45) is 5.92 Å². The molecule has 4 nitrogen and oxygen atoms in total. The van der Waals surface area contributed by atoms with Gasteiger partial charge >= 0.3 is 0 Å². The lowest BCUT2D eigenvalue weighted by Crippen LogP contribution is -2.45. The smallest absolute Gasteiger partial charge is 0.224 e. The molecule has 2 heterocycles. The summed E-state index contributed by atoms with van der Waals surface area (Å²) in [6.07, 6.45) is 4.11. The summed E-state index contributed by atoms with van der Waals surface area (Å²) in [5.41, 5.74) is 0. The molecule has 2 aliphatic rings. The van der Waals surface area contributed by atoms with E-state index in [1.54, 1.807) is 0 Å². The molecule has 2 aliphatic heterocycles. The minimum atomic E-state index is 0.293. The molecular weight excluding hydrogens is 216 g/mol. The van der Waals surface area contributed by atoms with E-state index in [9.17, 15) is 4.79 Å². The summed E-state index contributed by atoms with van der Waals surface area (Å²) >= 11 is 0. The summed E-state index contributed by atoms with van der Waals surface area (Å²) < 4.78 is 5.38. The number of nitrogens with one attached hydrogen (secondary N) is 1. The topological polar surface area (TPSA) is 41.6 Å². The summed E-state index contributed by atoms with van der Waals surface area (Å²) in [4.78, 5) is 14.2. The molecule has 0 saturated carbocycles. The van der Waals surface area contributed by atoms with Crippen molar-refractivity contribution in [3.8, 4) is 0 Å². The highest BCUT2D eigenvalue weighted by Crippen LogP contribution is 2.19. The van der Waals surface area contributed by atoms with E-state index in [4.69, 9.17) is 4.74 Å². The third kappa shape index (κ3) is 3.68. The number of amides is 1. The zero-order valence-electron chi connectivity index (χ0n) is 10.8. The second kappa shape index (κ2) is 6.36. The average Bonchev–Trinajstić information content (AvgIpc) is 2.61. The van der Waals surface area contributed by atoms with Gasteiger partial charge in [0.2, 0.25) is 5.91 Å². The number of hydrogen-bond donors (Lipinski definition) is 1. The summed E-state index contributed by atoms with van der Waals surface area (Å²) in [6.45, 7) is 6.42. The van der Waals surface area contributed by atoms with Crippen LogP contribution in [0.5, 0.6) is 0 Å². The Balaban J connectivity index is 1.82. The highest BCUT2D eigenvalue weighted by atomic mass is 16.5. The van der Waals surface area contributed by atoms with Gasteiger partial charge in [-0.15, -0.1) is 0 Å². The highest BCUT2D eigenvalue weighted by molar-refractivity contribution is 5.76. The van der Waals surface area contributed by atoms with Crippen LogP contribution in [0.2, 0.25) is 0 Å². The van der Waals surface area contributed by atoms with Gasteiger partial charge in [-0.05, 0) is 31.7 Å². The molecule has 4 heteroatoms. The molecule has 0 bridgehead atoms. The maximum atomic E-state index is 12.2. The maximum Gasteiger partial charge on any atom is 0.224 e. The normalized spacial score (nSPS) is 31.0. The van der Waals surface area contributed by atoms with Crippen LogP contribution in [0.1, 0.15) is 32.6 Å². The molecule has 1 amide bonds. The molecular formula is C13H24N2O2. The van der Waals surface area contributed by atoms with Crippen molar-refractivity contribution in [3.05, 3.63) is 0 Å². The van der Waals surface area contributed by atoms with Crippen LogP contribution in [0.3, 0.4) is 0 Å². The van der Waals surface area contributed by atoms with Crippen molar-refractivity contribution in [1.82, 2.24) is 10.2 Å². The number of ether oxygens (including phenoxy) is 1. The third-order valence-electron chi connectivity index (χ3n) is 3.90. The average molecular weight is 240 g/mol. The Morgan fingerprint density at radius 3 is 3.06 bits per heavy atom. The van der Waals surface area contributed by atoms with Gasteiger partial charge in [-0.3, -0.25) is 4.79 Å². The Kier molecular flexibility index (Phi) is 4.80. The first-order valence-electron chi connectivity index (χ1n) is 6.86. The van der Waals surface area contributed by atoms with Crippen LogP contribution in [0.4, 0.5) is 0 Å². The third-order valence-corrected chi connectivity index (χ3v) is 3.90. The van der Waals surface area contributed by atoms with Crippen molar-refractivity contribution >= 4 is 5.91 Å². The minimum absolute atomic E-state index is 0.293. The van der Waals surface area contributed by atoms with Crippen molar-refractivity contribution < 1.29 is 9.53 Å². The van der Waals surface area contributed by atoms with Crippen LogP contribution >= 0.6 is 0 Å². The van der Waals surface area contributed by atoms with Crippen LogP contribution in [-0.4, -0.2) is 49.7 Å². The molecule has 2 atom stereocenters. The lowest BCUT2D eigenvalue weighted by molar-refractivity contribution is -0.132. The fourth-order valence-electron chi connectivity index (χ4n) is 2.70. The van der Waals surface area contributed by atoms with E-state index in [1.807, 2.05) is 4.90 Å². The van der Waals surface area contributed by atoms with E-state index in [0.29, 0.717) is 30.9 Å². The Morgan fingerprint density at radius 1 is 1.35 bits per heavy atom. The number of hydrogen-bond acceptors (Lipinski definition) is 3. The van der Waals surface area contributed by atoms with E-state index >= 15 is 0 Å². The number of nitrogens with zero attached hydrogens (tertiary/aromatic N) is 1. The van der Waals surface area contributed by atoms with E-state index in [2.05, 4.69) is 12.2 Å². The van der Waals surface area contributed by atoms with Crippen LogP contribution in [0.25, 0.3) is 0 Å². The number of carbonyl (C=O) groups excluding carboxylic acids is 1. The van der Waals surface area contributed by atoms with Crippen LogP contribution in [-0.2, 0) is 9.53 Å². The molecule has 0 aliphatic carbocycles. The fraction of sp³-hybridized carbons (Fsp3) is 0.923. The van der Waals surface area contributed by atoms with Gasteiger partial charge in [-0.2, -0.15) is 0 Å². The quantitative estimate of drug-likeness (QED) is 0.783. The van der Waals surface area contributed by atoms with Crippen LogP contribution < -0.4 is 5.32 Å². The molecule has 0 aromatic carbocycles. The zero-order chi connectivity index (χ0) is 12.1. The van der Waals surface area contributed by atoms with Crippen LogP contribution in [0.15, 0.2) is 0 Å². The predicted octanol–water partition coefficient (Wildman–Crippen LogP) is 1.01. The van der Waals surface area contributed by atoms with Gasteiger partial charge in [0.05, 0.1) is 6.61 Å². The molecule has 2 fully saturated rings. The lowest BCUT2D eigenvalue weighted by Gasteiger charge is -2.31. The highest BCUT2D eigenvalue weighted by Gasteiger charge is 2.25. The molecule has 2 unspecified atom stereocenters. The minimum Gasteiger partial charge on any atom is -0.380 e. The molecule has 2 saturated heterocycles. The van der Waals surface area contributed by atoms with Gasteiger partial charge in [0.25, 0.3) is 0 Å². The number of carbonyl (C=O) groups is 1. The van der Waals surface area contributed by atoms with Crippen molar-refractivity contribution in [1.29, 1.82) is 0 Å². The molecule has 0 radical (unpaired) electrons. The van der Waals surface area contributed by atoms with Crippen LogP contribution in [0, 0.1) is 5.92 Å². The fourth-order valence-corrected chi connectivity index (χ4v) is 2.70. The second-order valence-corrected chi connectivity index (χ2v) is 5.23. The van der Waals surface area contributed by atoms with Crippen molar-refractivity contribution in [2.75, 3.05) is 32.8 Å². The summed E-state index contributed by atoms with van der Waals surface area (Å²) in [7, 11) is 0. The first-order chi connectivity index (χ1) is 8.27. The summed E-state index contributed by atoms with van der Waals surface area (Å²) in [5, 5.41) is 3.48. The van der Waals surface area contributed by atoms with E-state index < -0.39 is 0 Å². The maximum absolute atomic E-state index is 12.2. The SMILES string of the molecule is CC1CCCNC1CC(=O)N1CCCOCC1. The largest absolute Gasteiger partial charge is 0.380 e. The van der Waals surface area contributed by atoms with E-state index in [1.165, 1.54) is 12.8 Å². The molecule has 1 N–H and O–H groups in total. The van der Waals surface area contributed by atoms with Gasteiger partial charge < -0.3 is 15.0 Å². The molecule has 17 heavy (non-hydrogen) atoms. The predicted molar refractivity (Wildman–Crippen MR) is 66.8 cm³/mol. The van der Waals surface area contributed by atoms with Crippen molar-refractivity contribution in [3.63, 3.8) is 0 Å². The van der Waals surface area contributed by atoms with Gasteiger partial charge in [0.15, 0.2) is 0 Å². The molecule has 2 rings (SSSR count). The van der Waals surface area contributed by atoms with Gasteiger partial charge in [0, 0.05) is 32.2 Å². The standard InChI is InChI=1S/C13H24N2O2/c1-11-4-2-5-14-12(11)10-13(16)15-6-3-8-17-9-7-15/h11-12,14H,2-10H2,1H3. The van der Waals surface area contributed by atoms with Gasteiger partial charge in [-0.25, -0.2) is 0 Å². The first kappa shape index (κ1) is 12.8. The van der Waals surface area contributed by atoms with Gasteiger partial charge in [0.1, 0.15) is 0 Å². The van der Waals surface area contributed by atoms with E-state index in [0.717, 1.165) is 32.7 Å². The first-order valence-corrected chi connectivity index (χ1v) is 6.86. The summed E-state index contributed by atoms with van der Waals surface area (Å²) in [6, 6.07) is 0.375. The Morgan fingerprint density at radius 2 is 2.24 bits per heavy atom. The Labute approximate surface area is 104 Å². The Hall–Kier alpha value is -0.610. The summed E-state index contributed by atoms with van der Waals surface area (Å²) in [5.74, 6) is 0.915. The molecule has 0 aromatic heterocycles. The number of piperidine rings is 1. The molecule has 0 aromatic rings. The second-order valence-electron chi connectivity index (χ2n) is 5.23. The molecule has 0 spiro atoms. The Bertz CT molecular complexity index is 250. The molecule has 98 valence electrons. The van der Waals surface area contributed by atoms with Crippen molar-refractivity contribution in [2.45, 2.75) is 38.6 Å². The van der Waals surface area contributed by atoms with E-state index in [-0.39, 0.29) is 0 Å². The number of rotatable bonds is 2.